The summed E-state index contributed by atoms with van der Waals surface area (Å²) >= 11 is 0. The molecule has 0 aromatic heterocycles. The van der Waals surface area contributed by atoms with E-state index in [1.165, 1.54) is 13.2 Å². The fourth-order valence-corrected chi connectivity index (χ4v) is 2.22. The third-order valence-corrected chi connectivity index (χ3v) is 3.43. The lowest BCUT2D eigenvalue weighted by molar-refractivity contribution is -0.118. The fourth-order valence-electron chi connectivity index (χ4n) is 2.22. The van der Waals surface area contributed by atoms with E-state index >= 15 is 0 Å². The van der Waals surface area contributed by atoms with Crippen LogP contribution in [0.4, 0.5) is 5.69 Å². The standard InChI is InChI=1S/C18H20N2O4/c1-3-12-6-4-7-13(10-12)20-16(21)11-24-17-14(18(19)22)8-5-9-15(17)23-2/h4-10H,3,11H2,1-2H3,(H2,19,22)(H,20,21). The number of carbonyl (C=O) groups excluding carboxylic acids is 2. The molecule has 0 aliphatic heterocycles. The van der Waals surface area contributed by atoms with Crippen LogP contribution in [0.15, 0.2) is 42.5 Å². The summed E-state index contributed by atoms with van der Waals surface area (Å²) < 4.78 is 10.6. The number of nitrogens with one attached hydrogen (secondary N) is 1. The Balaban J connectivity index is 2.07. The molecule has 126 valence electrons. The second kappa shape index (κ2) is 8.01. The first-order valence-electron chi connectivity index (χ1n) is 7.53. The Hall–Kier alpha value is -3.02. The van der Waals surface area contributed by atoms with E-state index in [0.717, 1.165) is 12.0 Å². The number of para-hydroxylation sites is 1. The van der Waals surface area contributed by atoms with Gasteiger partial charge in [-0.25, -0.2) is 0 Å². The first-order valence-corrected chi connectivity index (χ1v) is 7.53. The maximum absolute atomic E-state index is 12.1. The molecule has 0 aliphatic rings. The molecule has 0 radical (unpaired) electrons. The number of benzene rings is 2. The number of nitrogens with two attached hydrogens (primary N) is 1. The number of primary amides is 1. The van der Waals surface area contributed by atoms with Gasteiger partial charge in [-0.05, 0) is 36.2 Å². The summed E-state index contributed by atoms with van der Waals surface area (Å²) in [6.45, 7) is 1.77. The number of anilines is 1. The van der Waals surface area contributed by atoms with Crippen molar-refractivity contribution in [2.45, 2.75) is 13.3 Å². The van der Waals surface area contributed by atoms with Gasteiger partial charge in [0.15, 0.2) is 18.1 Å². The van der Waals surface area contributed by atoms with Gasteiger partial charge in [-0.2, -0.15) is 0 Å². The summed E-state index contributed by atoms with van der Waals surface area (Å²) in [5, 5.41) is 2.75. The molecule has 2 aromatic carbocycles. The van der Waals surface area contributed by atoms with Crippen molar-refractivity contribution in [3.8, 4) is 11.5 Å². The topological polar surface area (TPSA) is 90.7 Å². The molecule has 0 bridgehead atoms. The van der Waals surface area contributed by atoms with Crippen LogP contribution in [-0.4, -0.2) is 25.5 Å². The Morgan fingerprint density at radius 1 is 1.17 bits per heavy atom. The zero-order valence-electron chi connectivity index (χ0n) is 13.7. The van der Waals surface area contributed by atoms with Gasteiger partial charge in [-0.3, -0.25) is 9.59 Å². The monoisotopic (exact) mass is 328 g/mol. The Morgan fingerprint density at radius 3 is 2.58 bits per heavy atom. The third-order valence-electron chi connectivity index (χ3n) is 3.43. The van der Waals surface area contributed by atoms with Crippen molar-refractivity contribution in [3.05, 3.63) is 53.6 Å². The van der Waals surface area contributed by atoms with Crippen LogP contribution in [0.2, 0.25) is 0 Å². The van der Waals surface area contributed by atoms with Crippen molar-refractivity contribution in [2.75, 3.05) is 19.0 Å². The van der Waals surface area contributed by atoms with Gasteiger partial charge in [0.1, 0.15) is 0 Å². The Morgan fingerprint density at radius 2 is 1.92 bits per heavy atom. The van der Waals surface area contributed by atoms with Gasteiger partial charge in [-0.1, -0.05) is 25.1 Å². The first-order chi connectivity index (χ1) is 11.5. The van der Waals surface area contributed by atoms with Gasteiger partial charge < -0.3 is 20.5 Å². The SMILES string of the molecule is CCc1cccc(NC(=O)COc2c(OC)cccc2C(N)=O)c1. The van der Waals surface area contributed by atoms with Crippen molar-refractivity contribution in [3.63, 3.8) is 0 Å². The molecule has 6 heteroatoms. The summed E-state index contributed by atoms with van der Waals surface area (Å²) in [5.41, 5.74) is 7.30. The lowest BCUT2D eigenvalue weighted by Crippen LogP contribution is -2.22. The molecular formula is C18H20N2O4. The van der Waals surface area contributed by atoms with Crippen LogP contribution in [0.5, 0.6) is 11.5 Å². The molecule has 24 heavy (non-hydrogen) atoms. The molecular weight excluding hydrogens is 308 g/mol. The molecule has 3 N–H and O–H groups in total. The second-order valence-electron chi connectivity index (χ2n) is 5.09. The molecule has 0 saturated heterocycles. The Bertz CT molecular complexity index is 744. The van der Waals surface area contributed by atoms with Gasteiger partial charge in [-0.15, -0.1) is 0 Å². The molecule has 2 aromatic rings. The van der Waals surface area contributed by atoms with Crippen LogP contribution < -0.4 is 20.5 Å². The number of hydrogen-bond donors (Lipinski definition) is 2. The highest BCUT2D eigenvalue weighted by molar-refractivity contribution is 5.97. The van der Waals surface area contributed by atoms with E-state index in [0.29, 0.717) is 11.4 Å². The summed E-state index contributed by atoms with van der Waals surface area (Å²) in [6, 6.07) is 12.3. The van der Waals surface area contributed by atoms with Crippen molar-refractivity contribution < 1.29 is 19.1 Å². The molecule has 0 fully saturated rings. The molecule has 2 rings (SSSR count). The number of amides is 2. The van der Waals surface area contributed by atoms with E-state index in [2.05, 4.69) is 5.32 Å². The van der Waals surface area contributed by atoms with Crippen LogP contribution >= 0.6 is 0 Å². The minimum atomic E-state index is -0.653. The highest BCUT2D eigenvalue weighted by atomic mass is 16.5. The van der Waals surface area contributed by atoms with E-state index in [1.807, 2.05) is 25.1 Å². The van der Waals surface area contributed by atoms with Crippen LogP contribution in [0.1, 0.15) is 22.8 Å². The smallest absolute Gasteiger partial charge is 0.262 e. The van der Waals surface area contributed by atoms with Gasteiger partial charge in [0.25, 0.3) is 11.8 Å². The van der Waals surface area contributed by atoms with Crippen LogP contribution in [0, 0.1) is 0 Å². The Labute approximate surface area is 140 Å². The fraction of sp³-hybridized carbons (Fsp3) is 0.222. The summed E-state index contributed by atoms with van der Waals surface area (Å²) in [7, 11) is 1.45. The van der Waals surface area contributed by atoms with Crippen molar-refractivity contribution in [1.29, 1.82) is 0 Å². The molecule has 0 atom stereocenters. The summed E-state index contributed by atoms with van der Waals surface area (Å²) in [4.78, 5) is 23.6. The second-order valence-corrected chi connectivity index (χ2v) is 5.09. The number of hydrogen-bond acceptors (Lipinski definition) is 4. The number of rotatable bonds is 7. The Kier molecular flexibility index (Phi) is 5.78. The van der Waals surface area contributed by atoms with E-state index in [4.69, 9.17) is 15.2 Å². The minimum Gasteiger partial charge on any atom is -0.493 e. The number of methoxy groups -OCH3 is 1. The van der Waals surface area contributed by atoms with E-state index in [-0.39, 0.29) is 23.8 Å². The molecule has 0 saturated carbocycles. The zero-order valence-corrected chi connectivity index (χ0v) is 13.7. The van der Waals surface area contributed by atoms with Crippen molar-refractivity contribution in [1.82, 2.24) is 0 Å². The predicted molar refractivity (Wildman–Crippen MR) is 91.5 cm³/mol. The largest absolute Gasteiger partial charge is 0.493 e. The number of aryl methyl sites for hydroxylation is 1. The third kappa shape index (κ3) is 4.25. The molecule has 2 amide bonds. The molecule has 0 unspecified atom stereocenters. The predicted octanol–water partition coefficient (Wildman–Crippen LogP) is 2.37. The van der Waals surface area contributed by atoms with Gasteiger partial charge in [0.2, 0.25) is 0 Å². The summed E-state index contributed by atoms with van der Waals surface area (Å²) in [6.07, 6.45) is 0.878. The van der Waals surface area contributed by atoms with Crippen LogP contribution in [0.3, 0.4) is 0 Å². The van der Waals surface area contributed by atoms with Crippen LogP contribution in [0.25, 0.3) is 0 Å². The highest BCUT2D eigenvalue weighted by Crippen LogP contribution is 2.30. The zero-order chi connectivity index (χ0) is 17.5. The number of ether oxygens (including phenoxy) is 2. The molecule has 6 nitrogen and oxygen atoms in total. The highest BCUT2D eigenvalue weighted by Gasteiger charge is 2.16. The van der Waals surface area contributed by atoms with E-state index in [1.54, 1.807) is 18.2 Å². The molecule has 0 spiro atoms. The van der Waals surface area contributed by atoms with Gasteiger partial charge >= 0.3 is 0 Å². The van der Waals surface area contributed by atoms with Crippen LogP contribution in [-0.2, 0) is 11.2 Å². The first kappa shape index (κ1) is 17.3. The molecule has 0 aliphatic carbocycles. The van der Waals surface area contributed by atoms with Gasteiger partial charge in [0.05, 0.1) is 12.7 Å². The van der Waals surface area contributed by atoms with Crippen molar-refractivity contribution in [2.24, 2.45) is 5.73 Å². The average Bonchev–Trinajstić information content (AvgIpc) is 2.59. The maximum atomic E-state index is 12.1. The maximum Gasteiger partial charge on any atom is 0.262 e. The number of carbonyl (C=O) groups is 2. The quantitative estimate of drug-likeness (QED) is 0.816. The lowest BCUT2D eigenvalue weighted by atomic mass is 10.1. The lowest BCUT2D eigenvalue weighted by Gasteiger charge is -2.13. The van der Waals surface area contributed by atoms with E-state index in [9.17, 15) is 9.59 Å². The van der Waals surface area contributed by atoms with Gasteiger partial charge in [0, 0.05) is 5.69 Å². The normalized spacial score (nSPS) is 10.1. The minimum absolute atomic E-state index is 0.157. The molecule has 0 heterocycles. The van der Waals surface area contributed by atoms with E-state index < -0.39 is 5.91 Å². The van der Waals surface area contributed by atoms with Crippen molar-refractivity contribution >= 4 is 17.5 Å². The average molecular weight is 328 g/mol. The summed E-state index contributed by atoms with van der Waals surface area (Å²) in [5.74, 6) is -0.499.